The van der Waals surface area contributed by atoms with Crippen LogP contribution < -0.4 is 19.1 Å². The van der Waals surface area contributed by atoms with Crippen molar-refractivity contribution >= 4 is 85.5 Å². The number of rotatable bonds is 6. The third kappa shape index (κ3) is 5.74. The van der Waals surface area contributed by atoms with Crippen molar-refractivity contribution in [2.45, 2.75) is 4.90 Å². The first-order valence-corrected chi connectivity index (χ1v) is 13.5. The number of amides is 4. The molecule has 3 aromatic carbocycles. The third-order valence-corrected chi connectivity index (χ3v) is 7.55. The summed E-state index contributed by atoms with van der Waals surface area (Å²) in [5.74, 6) is -1.82. The monoisotopic (exact) mass is 672 g/mol. The van der Waals surface area contributed by atoms with Crippen LogP contribution in [-0.4, -0.2) is 33.4 Å². The van der Waals surface area contributed by atoms with Gasteiger partial charge in [0.05, 0.1) is 16.4 Å². The predicted molar refractivity (Wildman–Crippen MR) is 145 cm³/mol. The van der Waals surface area contributed by atoms with E-state index in [1.807, 2.05) is 22.6 Å². The van der Waals surface area contributed by atoms with Crippen LogP contribution in [0, 0.1) is 3.57 Å². The summed E-state index contributed by atoms with van der Waals surface area (Å²) in [4.78, 5) is 38.7. The Bertz CT molecular complexity index is 1570. The standard InChI is InChI=1S/C24H15Cl2IN2O7S/c1-35-20-11-13(10-19(27)21(20)36-37(33,34)17-7-5-14(25)6-8-17)9-18-22(30)28-24(32)29(23(18)31)16-4-2-3-15(26)12-16/h2-12H,1H3,(H,28,30,32)/b18-9+. The first-order valence-electron chi connectivity index (χ1n) is 10.2. The number of urea groups is 1. The molecule has 0 bridgehead atoms. The molecule has 1 N–H and O–H groups in total. The van der Waals surface area contributed by atoms with Crippen LogP contribution in [0.15, 0.2) is 71.1 Å². The van der Waals surface area contributed by atoms with Gasteiger partial charge in [0, 0.05) is 10.0 Å². The second-order valence-electron chi connectivity index (χ2n) is 7.46. The zero-order chi connectivity index (χ0) is 26.9. The number of ether oxygens (including phenoxy) is 1. The van der Waals surface area contributed by atoms with Gasteiger partial charge in [-0.15, -0.1) is 0 Å². The minimum absolute atomic E-state index is 0.0303. The van der Waals surface area contributed by atoms with Crippen molar-refractivity contribution in [3.63, 3.8) is 0 Å². The Balaban J connectivity index is 1.70. The summed E-state index contributed by atoms with van der Waals surface area (Å²) < 4.78 is 36.5. The molecule has 1 aliphatic rings. The van der Waals surface area contributed by atoms with Gasteiger partial charge in [-0.25, -0.2) is 9.69 Å². The molecule has 0 aromatic heterocycles. The number of carbonyl (C=O) groups excluding carboxylic acids is 3. The van der Waals surface area contributed by atoms with Crippen molar-refractivity contribution in [2.75, 3.05) is 12.0 Å². The van der Waals surface area contributed by atoms with E-state index >= 15 is 0 Å². The lowest BCUT2D eigenvalue weighted by molar-refractivity contribution is -0.122. The van der Waals surface area contributed by atoms with Crippen LogP contribution in [0.2, 0.25) is 10.0 Å². The first kappa shape index (κ1) is 26.9. The molecule has 0 atom stereocenters. The molecule has 4 rings (SSSR count). The van der Waals surface area contributed by atoms with Crippen molar-refractivity contribution in [1.29, 1.82) is 0 Å². The van der Waals surface area contributed by atoms with E-state index in [0.29, 0.717) is 19.2 Å². The minimum Gasteiger partial charge on any atom is -0.493 e. The van der Waals surface area contributed by atoms with Crippen LogP contribution in [0.4, 0.5) is 10.5 Å². The number of anilines is 1. The molecule has 0 unspecified atom stereocenters. The Kier molecular flexibility index (Phi) is 7.78. The highest BCUT2D eigenvalue weighted by atomic mass is 127. The highest BCUT2D eigenvalue weighted by Gasteiger charge is 2.37. The van der Waals surface area contributed by atoms with Crippen molar-refractivity contribution < 1.29 is 31.7 Å². The molecule has 3 aromatic rings. The topological polar surface area (TPSA) is 119 Å². The summed E-state index contributed by atoms with van der Waals surface area (Å²) in [7, 11) is -2.91. The van der Waals surface area contributed by atoms with Crippen molar-refractivity contribution in [1.82, 2.24) is 5.32 Å². The van der Waals surface area contributed by atoms with Gasteiger partial charge >= 0.3 is 16.1 Å². The molecule has 0 saturated carbocycles. The lowest BCUT2D eigenvalue weighted by atomic mass is 10.1. The summed E-state index contributed by atoms with van der Waals surface area (Å²) in [5, 5.41) is 2.78. The van der Waals surface area contributed by atoms with Gasteiger partial charge < -0.3 is 8.92 Å². The van der Waals surface area contributed by atoms with Gasteiger partial charge in [0.2, 0.25) is 0 Å². The number of hydrogen-bond acceptors (Lipinski definition) is 7. The van der Waals surface area contributed by atoms with E-state index in [1.165, 1.54) is 61.7 Å². The molecule has 0 aliphatic carbocycles. The number of hydrogen-bond donors (Lipinski definition) is 1. The van der Waals surface area contributed by atoms with Crippen molar-refractivity contribution in [3.8, 4) is 11.5 Å². The number of methoxy groups -OCH3 is 1. The molecule has 1 heterocycles. The van der Waals surface area contributed by atoms with Crippen LogP contribution in [0.5, 0.6) is 11.5 Å². The molecule has 190 valence electrons. The van der Waals surface area contributed by atoms with Crippen LogP contribution >= 0.6 is 45.8 Å². The molecule has 1 saturated heterocycles. The van der Waals surface area contributed by atoms with E-state index in [-0.39, 0.29) is 27.7 Å². The Morgan fingerprint density at radius 2 is 1.68 bits per heavy atom. The highest BCUT2D eigenvalue weighted by molar-refractivity contribution is 14.1. The van der Waals surface area contributed by atoms with Gasteiger partial charge in [-0.05, 0) is 88.8 Å². The van der Waals surface area contributed by atoms with Crippen LogP contribution in [-0.2, 0) is 19.7 Å². The maximum atomic E-state index is 13.1. The zero-order valence-corrected chi connectivity index (χ0v) is 23.2. The van der Waals surface area contributed by atoms with Crippen LogP contribution in [0.1, 0.15) is 5.56 Å². The van der Waals surface area contributed by atoms with E-state index in [0.717, 1.165) is 4.90 Å². The molecule has 13 heteroatoms. The fraction of sp³-hybridized carbons (Fsp3) is 0.0417. The molecule has 0 radical (unpaired) electrons. The smallest absolute Gasteiger partial charge is 0.339 e. The molecular formula is C24H15Cl2IN2O7S. The minimum atomic E-state index is -4.22. The van der Waals surface area contributed by atoms with E-state index in [9.17, 15) is 22.8 Å². The lowest BCUT2D eigenvalue weighted by Crippen LogP contribution is -2.54. The van der Waals surface area contributed by atoms with Crippen molar-refractivity contribution in [2.24, 2.45) is 0 Å². The zero-order valence-electron chi connectivity index (χ0n) is 18.7. The fourth-order valence-electron chi connectivity index (χ4n) is 3.34. The van der Waals surface area contributed by atoms with Gasteiger partial charge in [-0.3, -0.25) is 14.9 Å². The van der Waals surface area contributed by atoms with E-state index in [2.05, 4.69) is 5.32 Å². The largest absolute Gasteiger partial charge is 0.493 e. The van der Waals surface area contributed by atoms with Gasteiger partial charge in [-0.2, -0.15) is 8.42 Å². The van der Waals surface area contributed by atoms with E-state index in [4.69, 9.17) is 32.1 Å². The molecule has 4 amide bonds. The predicted octanol–water partition coefficient (Wildman–Crippen LogP) is 5.04. The van der Waals surface area contributed by atoms with E-state index in [1.54, 1.807) is 12.1 Å². The highest BCUT2D eigenvalue weighted by Crippen LogP contribution is 2.37. The number of barbiturate groups is 1. The normalized spacial score (nSPS) is 15.1. The molecular weight excluding hydrogens is 658 g/mol. The molecule has 0 spiro atoms. The summed E-state index contributed by atoms with van der Waals surface area (Å²) in [6.45, 7) is 0. The van der Waals surface area contributed by atoms with Gasteiger partial charge in [-0.1, -0.05) is 29.3 Å². The van der Waals surface area contributed by atoms with Crippen molar-refractivity contribution in [3.05, 3.63) is 85.4 Å². The number of carbonyl (C=O) groups is 3. The average Bonchev–Trinajstić information content (AvgIpc) is 2.83. The number of nitrogens with zero attached hydrogens (tertiary/aromatic N) is 1. The Hall–Kier alpha value is -3.13. The number of nitrogens with one attached hydrogen (secondary N) is 1. The SMILES string of the molecule is COc1cc(/C=C2\C(=O)NC(=O)N(c3cccc(Cl)c3)C2=O)cc(I)c1OS(=O)(=O)c1ccc(Cl)cc1. The second-order valence-corrected chi connectivity index (χ2v) is 11.0. The van der Waals surface area contributed by atoms with Crippen LogP contribution in [0.25, 0.3) is 6.08 Å². The number of halogens is 3. The molecule has 37 heavy (non-hydrogen) atoms. The van der Waals surface area contributed by atoms with Gasteiger partial charge in [0.1, 0.15) is 10.5 Å². The number of benzene rings is 3. The van der Waals surface area contributed by atoms with E-state index < -0.39 is 28.0 Å². The lowest BCUT2D eigenvalue weighted by Gasteiger charge is -2.26. The average molecular weight is 673 g/mol. The maximum absolute atomic E-state index is 13.1. The summed E-state index contributed by atoms with van der Waals surface area (Å²) in [6, 6.07) is 13.4. The number of imide groups is 2. The Morgan fingerprint density at radius 1 is 0.973 bits per heavy atom. The summed E-state index contributed by atoms with van der Waals surface area (Å²) in [5.41, 5.74) is 0.160. The quantitative estimate of drug-likeness (QED) is 0.169. The third-order valence-electron chi connectivity index (χ3n) is 5.03. The molecule has 1 fully saturated rings. The maximum Gasteiger partial charge on any atom is 0.339 e. The Morgan fingerprint density at radius 3 is 2.32 bits per heavy atom. The van der Waals surface area contributed by atoms with Gasteiger partial charge in [0.25, 0.3) is 11.8 Å². The van der Waals surface area contributed by atoms with Crippen LogP contribution in [0.3, 0.4) is 0 Å². The van der Waals surface area contributed by atoms with Gasteiger partial charge in [0.15, 0.2) is 11.5 Å². The molecule has 9 nitrogen and oxygen atoms in total. The summed E-state index contributed by atoms with van der Waals surface area (Å²) >= 11 is 13.7. The first-order chi connectivity index (χ1) is 17.5. The summed E-state index contributed by atoms with van der Waals surface area (Å²) in [6.07, 6.45) is 1.25. The second kappa shape index (κ2) is 10.7. The fourth-order valence-corrected chi connectivity index (χ4v) is 5.49. The Labute approximate surface area is 235 Å². The molecule has 1 aliphatic heterocycles.